The second-order valence-corrected chi connectivity index (χ2v) is 4.67. The summed E-state index contributed by atoms with van der Waals surface area (Å²) in [5, 5.41) is 0. The van der Waals surface area contributed by atoms with Crippen LogP contribution in [0.15, 0.2) is 0 Å². The van der Waals surface area contributed by atoms with Crippen LogP contribution in [0.25, 0.3) is 0 Å². The first-order chi connectivity index (χ1) is 6.23. The molecular formula is C10H18O4. The molecule has 0 heterocycles. The zero-order valence-electron chi connectivity index (χ0n) is 9.42. The second kappa shape index (κ2) is 4.98. The smallest absolute Gasteiger partial charge is 0.247 e. The van der Waals surface area contributed by atoms with Crippen molar-refractivity contribution in [2.24, 2.45) is 11.3 Å². The van der Waals surface area contributed by atoms with E-state index in [1.54, 1.807) is 20.8 Å². The summed E-state index contributed by atoms with van der Waals surface area (Å²) in [6, 6.07) is 0. The van der Waals surface area contributed by atoms with E-state index < -0.39 is 17.4 Å². The minimum atomic E-state index is -0.655. The third-order valence-corrected chi connectivity index (χ3v) is 1.40. The SMILES string of the molecule is CC(C)CC(=O)OOC(=O)C(C)(C)C. The molecule has 0 aromatic rings. The van der Waals surface area contributed by atoms with E-state index in [1.807, 2.05) is 13.8 Å². The van der Waals surface area contributed by atoms with E-state index >= 15 is 0 Å². The lowest BCUT2D eigenvalue weighted by molar-refractivity contribution is -0.265. The molecule has 0 radical (unpaired) electrons. The van der Waals surface area contributed by atoms with Crippen LogP contribution in [0.5, 0.6) is 0 Å². The third kappa shape index (κ3) is 5.56. The lowest BCUT2D eigenvalue weighted by atomic mass is 9.98. The van der Waals surface area contributed by atoms with Crippen LogP contribution in [0.2, 0.25) is 0 Å². The average molecular weight is 202 g/mol. The molecule has 0 saturated carbocycles. The molecule has 0 aliphatic carbocycles. The third-order valence-electron chi connectivity index (χ3n) is 1.40. The van der Waals surface area contributed by atoms with Crippen LogP contribution >= 0.6 is 0 Å². The second-order valence-electron chi connectivity index (χ2n) is 4.67. The molecular weight excluding hydrogens is 184 g/mol. The van der Waals surface area contributed by atoms with Crippen LogP contribution in [-0.2, 0) is 19.4 Å². The Balaban J connectivity index is 3.84. The van der Waals surface area contributed by atoms with Crippen molar-refractivity contribution in [3.8, 4) is 0 Å². The Morgan fingerprint density at radius 3 is 2.00 bits per heavy atom. The molecule has 0 saturated heterocycles. The summed E-state index contributed by atoms with van der Waals surface area (Å²) in [6.45, 7) is 8.82. The average Bonchev–Trinajstić information content (AvgIpc) is 1.96. The Hall–Kier alpha value is -1.06. The Morgan fingerprint density at radius 2 is 1.64 bits per heavy atom. The van der Waals surface area contributed by atoms with Gasteiger partial charge in [-0.3, -0.25) is 0 Å². The van der Waals surface area contributed by atoms with Crippen molar-refractivity contribution in [2.45, 2.75) is 41.0 Å². The van der Waals surface area contributed by atoms with Crippen LogP contribution in [0, 0.1) is 11.3 Å². The quantitative estimate of drug-likeness (QED) is 0.508. The maximum atomic E-state index is 11.2. The molecule has 14 heavy (non-hydrogen) atoms. The van der Waals surface area contributed by atoms with Crippen LogP contribution in [-0.4, -0.2) is 11.9 Å². The molecule has 0 unspecified atom stereocenters. The fourth-order valence-corrected chi connectivity index (χ4v) is 0.577. The number of rotatable bonds is 2. The van der Waals surface area contributed by atoms with Gasteiger partial charge in [0.1, 0.15) is 0 Å². The first kappa shape index (κ1) is 12.9. The van der Waals surface area contributed by atoms with Gasteiger partial charge in [0.15, 0.2) is 0 Å². The zero-order chi connectivity index (χ0) is 11.4. The summed E-state index contributed by atoms with van der Waals surface area (Å²) in [6.07, 6.45) is 0.247. The minimum absolute atomic E-state index is 0.191. The molecule has 0 N–H and O–H groups in total. The van der Waals surface area contributed by atoms with E-state index in [2.05, 4.69) is 9.78 Å². The van der Waals surface area contributed by atoms with Crippen molar-refractivity contribution in [1.82, 2.24) is 0 Å². The fraction of sp³-hybridized carbons (Fsp3) is 0.800. The summed E-state index contributed by atoms with van der Waals surface area (Å²) in [5.74, 6) is -0.872. The Kier molecular flexibility index (Phi) is 4.60. The van der Waals surface area contributed by atoms with Gasteiger partial charge in [0.25, 0.3) is 0 Å². The van der Waals surface area contributed by atoms with E-state index in [0.717, 1.165) is 0 Å². The minimum Gasteiger partial charge on any atom is -0.247 e. The molecule has 0 rings (SSSR count). The standard InChI is InChI=1S/C10H18O4/c1-7(2)6-8(11)13-14-9(12)10(3,4)5/h7H,6H2,1-5H3. The predicted octanol–water partition coefficient (Wildman–Crippen LogP) is 2.08. The summed E-state index contributed by atoms with van der Waals surface area (Å²) < 4.78 is 0. The van der Waals surface area contributed by atoms with E-state index in [4.69, 9.17) is 0 Å². The molecule has 0 fully saturated rings. The first-order valence-corrected chi connectivity index (χ1v) is 4.65. The monoisotopic (exact) mass is 202 g/mol. The molecule has 0 atom stereocenters. The molecule has 0 amide bonds. The van der Waals surface area contributed by atoms with Crippen LogP contribution in [0.4, 0.5) is 0 Å². The van der Waals surface area contributed by atoms with Gasteiger partial charge in [-0.1, -0.05) is 13.8 Å². The molecule has 0 bridgehead atoms. The maximum absolute atomic E-state index is 11.2. The molecule has 0 spiro atoms. The maximum Gasteiger partial charge on any atom is 0.360 e. The van der Waals surface area contributed by atoms with Crippen molar-refractivity contribution in [3.63, 3.8) is 0 Å². The van der Waals surface area contributed by atoms with Gasteiger partial charge in [-0.05, 0) is 26.7 Å². The van der Waals surface area contributed by atoms with E-state index in [-0.39, 0.29) is 12.3 Å². The first-order valence-electron chi connectivity index (χ1n) is 4.65. The van der Waals surface area contributed by atoms with Crippen LogP contribution in [0.3, 0.4) is 0 Å². The van der Waals surface area contributed by atoms with Gasteiger partial charge < -0.3 is 0 Å². The van der Waals surface area contributed by atoms with Gasteiger partial charge in [-0.25, -0.2) is 19.4 Å². The van der Waals surface area contributed by atoms with Gasteiger partial charge in [0, 0.05) is 0 Å². The molecule has 4 nitrogen and oxygen atoms in total. The van der Waals surface area contributed by atoms with Gasteiger partial charge >= 0.3 is 11.9 Å². The molecule has 0 aromatic carbocycles. The number of hydrogen-bond acceptors (Lipinski definition) is 4. The van der Waals surface area contributed by atoms with Crippen molar-refractivity contribution >= 4 is 11.9 Å². The summed E-state index contributed by atoms with van der Waals surface area (Å²) >= 11 is 0. The van der Waals surface area contributed by atoms with E-state index in [9.17, 15) is 9.59 Å². The van der Waals surface area contributed by atoms with Crippen molar-refractivity contribution < 1.29 is 19.4 Å². The summed E-state index contributed by atoms with van der Waals surface area (Å²) in [7, 11) is 0. The van der Waals surface area contributed by atoms with Crippen molar-refractivity contribution in [2.75, 3.05) is 0 Å². The lowest BCUT2D eigenvalue weighted by Crippen LogP contribution is -2.24. The van der Waals surface area contributed by atoms with Gasteiger partial charge in [0.05, 0.1) is 11.8 Å². The highest BCUT2D eigenvalue weighted by atomic mass is 17.2. The van der Waals surface area contributed by atoms with Crippen LogP contribution < -0.4 is 0 Å². The Bertz CT molecular complexity index is 213. The molecule has 0 aliphatic rings. The lowest BCUT2D eigenvalue weighted by Gasteiger charge is -2.14. The summed E-state index contributed by atoms with van der Waals surface area (Å²) in [4.78, 5) is 30.9. The zero-order valence-corrected chi connectivity index (χ0v) is 9.42. The highest BCUT2D eigenvalue weighted by Crippen LogP contribution is 2.15. The Morgan fingerprint density at radius 1 is 1.14 bits per heavy atom. The number of hydrogen-bond donors (Lipinski definition) is 0. The van der Waals surface area contributed by atoms with E-state index in [0.29, 0.717) is 0 Å². The fourth-order valence-electron chi connectivity index (χ4n) is 0.577. The van der Waals surface area contributed by atoms with Gasteiger partial charge in [-0.15, -0.1) is 0 Å². The predicted molar refractivity (Wildman–Crippen MR) is 51.1 cm³/mol. The molecule has 0 aliphatic heterocycles. The highest BCUT2D eigenvalue weighted by Gasteiger charge is 2.25. The Labute approximate surface area is 84.5 Å². The van der Waals surface area contributed by atoms with E-state index in [1.165, 1.54) is 0 Å². The highest BCUT2D eigenvalue weighted by molar-refractivity contribution is 5.76. The van der Waals surface area contributed by atoms with Crippen molar-refractivity contribution in [3.05, 3.63) is 0 Å². The summed E-state index contributed by atoms with van der Waals surface area (Å²) in [5.41, 5.74) is -0.655. The van der Waals surface area contributed by atoms with Crippen LogP contribution in [0.1, 0.15) is 41.0 Å². The van der Waals surface area contributed by atoms with Gasteiger partial charge in [0.2, 0.25) is 0 Å². The number of carbonyl (C=O) groups is 2. The van der Waals surface area contributed by atoms with Crippen molar-refractivity contribution in [1.29, 1.82) is 0 Å². The molecule has 82 valence electrons. The molecule has 4 heteroatoms. The largest absolute Gasteiger partial charge is 0.360 e. The topological polar surface area (TPSA) is 52.6 Å². The normalized spacial score (nSPS) is 11.3. The number of carbonyl (C=O) groups excluding carboxylic acids is 2. The molecule has 0 aromatic heterocycles. The van der Waals surface area contributed by atoms with Gasteiger partial charge in [-0.2, -0.15) is 0 Å².